The number of nitro benzene ring substituents is 1. The number of dihydropyridines is 1. The lowest BCUT2D eigenvalue weighted by atomic mass is 9.80. The summed E-state index contributed by atoms with van der Waals surface area (Å²) in [7, 11) is 0. The number of non-ortho nitro benzene ring substituents is 1. The first kappa shape index (κ1) is 21.5. The van der Waals surface area contributed by atoms with Gasteiger partial charge in [-0.25, -0.2) is 9.59 Å². The predicted molar refractivity (Wildman–Crippen MR) is 109 cm³/mol. The molecule has 0 aromatic heterocycles. The van der Waals surface area contributed by atoms with E-state index >= 15 is 0 Å². The molecule has 1 atom stereocenters. The van der Waals surface area contributed by atoms with Gasteiger partial charge in [-0.1, -0.05) is 19.1 Å². The van der Waals surface area contributed by atoms with Crippen LogP contribution in [0.3, 0.4) is 0 Å². The maximum Gasteiger partial charge on any atom is 0.336 e. The Morgan fingerprint density at radius 1 is 1.13 bits per heavy atom. The van der Waals surface area contributed by atoms with Gasteiger partial charge in [0.2, 0.25) is 0 Å². The first-order valence-electron chi connectivity index (χ1n) is 10.1. The van der Waals surface area contributed by atoms with Gasteiger partial charge in [-0.3, -0.25) is 10.1 Å². The molecular weight excluding hydrogens is 388 g/mol. The Labute approximate surface area is 175 Å². The minimum absolute atomic E-state index is 0.117. The Morgan fingerprint density at radius 3 is 2.33 bits per heavy atom. The Bertz CT molecular complexity index is 929. The number of allylic oxidation sites excluding steroid dienone is 2. The lowest BCUT2D eigenvalue weighted by molar-refractivity contribution is -0.384. The number of nitrogens with one attached hydrogen (secondary N) is 1. The molecule has 1 aliphatic heterocycles. The number of hydrogen-bond acceptors (Lipinski definition) is 7. The highest BCUT2D eigenvalue weighted by Gasteiger charge is 2.39. The van der Waals surface area contributed by atoms with E-state index in [1.54, 1.807) is 26.0 Å². The van der Waals surface area contributed by atoms with Crippen molar-refractivity contribution in [1.29, 1.82) is 0 Å². The molecule has 1 N–H and O–H groups in total. The molecule has 0 spiro atoms. The summed E-state index contributed by atoms with van der Waals surface area (Å²) in [6.07, 6.45) is 2.72. The summed E-state index contributed by atoms with van der Waals surface area (Å²) >= 11 is 0. The number of benzene rings is 1. The third kappa shape index (κ3) is 4.69. The first-order valence-corrected chi connectivity index (χ1v) is 10.1. The van der Waals surface area contributed by atoms with E-state index in [2.05, 4.69) is 5.32 Å². The van der Waals surface area contributed by atoms with Gasteiger partial charge >= 0.3 is 11.9 Å². The summed E-state index contributed by atoms with van der Waals surface area (Å²) < 4.78 is 10.9. The van der Waals surface area contributed by atoms with Crippen molar-refractivity contribution in [1.82, 2.24) is 5.32 Å². The normalized spacial score (nSPS) is 18.7. The molecule has 1 aromatic rings. The average molecular weight is 414 g/mol. The van der Waals surface area contributed by atoms with Crippen molar-refractivity contribution in [3.05, 3.63) is 62.5 Å². The summed E-state index contributed by atoms with van der Waals surface area (Å²) in [5.74, 6) is -1.52. The molecule has 1 fully saturated rings. The smallest absolute Gasteiger partial charge is 0.336 e. The van der Waals surface area contributed by atoms with Gasteiger partial charge in [0.25, 0.3) is 5.69 Å². The van der Waals surface area contributed by atoms with E-state index in [0.717, 1.165) is 12.8 Å². The Balaban J connectivity index is 2.05. The molecule has 0 amide bonds. The second-order valence-corrected chi connectivity index (χ2v) is 7.67. The molecule has 8 nitrogen and oxygen atoms in total. The maximum atomic E-state index is 13.0. The molecule has 1 heterocycles. The van der Waals surface area contributed by atoms with Crippen LogP contribution in [0.25, 0.3) is 0 Å². The van der Waals surface area contributed by atoms with Gasteiger partial charge in [0.15, 0.2) is 0 Å². The topological polar surface area (TPSA) is 108 Å². The lowest BCUT2D eigenvalue weighted by Gasteiger charge is -2.30. The molecular formula is C22H26N2O6. The van der Waals surface area contributed by atoms with Crippen LogP contribution in [-0.4, -0.2) is 30.1 Å². The van der Waals surface area contributed by atoms with Crippen LogP contribution in [0.4, 0.5) is 5.69 Å². The quantitative estimate of drug-likeness (QED) is 0.392. The SMILES string of the molecule is CCCOC(=O)C1=C(C)NC(C)=C(C(=O)OCC2CC2)C1c1cccc([N+](=O)[O-])c1. The molecule has 160 valence electrons. The lowest BCUT2D eigenvalue weighted by Crippen LogP contribution is -2.32. The van der Waals surface area contributed by atoms with Crippen molar-refractivity contribution < 1.29 is 24.0 Å². The van der Waals surface area contributed by atoms with Crippen molar-refractivity contribution in [2.75, 3.05) is 13.2 Å². The highest BCUT2D eigenvalue weighted by Crippen LogP contribution is 2.40. The molecule has 0 saturated heterocycles. The van der Waals surface area contributed by atoms with Crippen LogP contribution in [0.2, 0.25) is 0 Å². The fourth-order valence-corrected chi connectivity index (χ4v) is 3.51. The zero-order chi connectivity index (χ0) is 21.8. The van der Waals surface area contributed by atoms with Crippen molar-refractivity contribution >= 4 is 17.6 Å². The van der Waals surface area contributed by atoms with Crippen molar-refractivity contribution in [2.45, 2.75) is 46.0 Å². The van der Waals surface area contributed by atoms with E-state index in [-0.39, 0.29) is 23.4 Å². The van der Waals surface area contributed by atoms with Crippen LogP contribution in [0.5, 0.6) is 0 Å². The fraction of sp³-hybridized carbons (Fsp3) is 0.455. The Morgan fingerprint density at radius 2 is 1.77 bits per heavy atom. The summed E-state index contributed by atoms with van der Waals surface area (Å²) in [6, 6.07) is 5.98. The van der Waals surface area contributed by atoms with Gasteiger partial charge in [0.05, 0.1) is 35.2 Å². The molecule has 2 aliphatic rings. The molecule has 1 aliphatic carbocycles. The summed E-state index contributed by atoms with van der Waals surface area (Å²) in [4.78, 5) is 36.7. The fourth-order valence-electron chi connectivity index (χ4n) is 3.51. The first-order chi connectivity index (χ1) is 14.3. The average Bonchev–Trinajstić information content (AvgIpc) is 3.54. The second kappa shape index (κ2) is 9.11. The van der Waals surface area contributed by atoms with E-state index in [9.17, 15) is 19.7 Å². The van der Waals surface area contributed by atoms with Crippen LogP contribution in [0.15, 0.2) is 46.8 Å². The number of hydrogen-bond donors (Lipinski definition) is 1. The van der Waals surface area contributed by atoms with Gasteiger partial charge < -0.3 is 14.8 Å². The van der Waals surface area contributed by atoms with E-state index in [1.807, 2.05) is 6.92 Å². The van der Waals surface area contributed by atoms with Gasteiger partial charge in [0.1, 0.15) is 0 Å². The zero-order valence-corrected chi connectivity index (χ0v) is 17.4. The van der Waals surface area contributed by atoms with Gasteiger partial charge in [-0.2, -0.15) is 0 Å². The van der Waals surface area contributed by atoms with Crippen LogP contribution in [0, 0.1) is 16.0 Å². The molecule has 1 aromatic carbocycles. The molecule has 0 bridgehead atoms. The minimum atomic E-state index is -0.817. The van der Waals surface area contributed by atoms with E-state index in [1.165, 1.54) is 12.1 Å². The highest BCUT2D eigenvalue weighted by atomic mass is 16.6. The Kier molecular flexibility index (Phi) is 6.54. The van der Waals surface area contributed by atoms with Crippen LogP contribution < -0.4 is 5.32 Å². The molecule has 1 unspecified atom stereocenters. The van der Waals surface area contributed by atoms with Crippen molar-refractivity contribution in [3.8, 4) is 0 Å². The number of nitro groups is 1. The monoisotopic (exact) mass is 414 g/mol. The predicted octanol–water partition coefficient (Wildman–Crippen LogP) is 3.74. The van der Waals surface area contributed by atoms with E-state index < -0.39 is 22.8 Å². The second-order valence-electron chi connectivity index (χ2n) is 7.67. The Hall–Kier alpha value is -3.16. The summed E-state index contributed by atoms with van der Waals surface area (Å²) in [5, 5.41) is 14.4. The van der Waals surface area contributed by atoms with Gasteiger partial charge in [-0.05, 0) is 44.6 Å². The number of carbonyl (C=O) groups excluding carboxylic acids is 2. The standard InChI is InChI=1S/C22H26N2O6/c1-4-10-29-21(25)18-13(2)23-14(3)19(22(26)30-12-15-8-9-15)20(18)16-6-5-7-17(11-16)24(27)28/h5-7,11,15,20,23H,4,8-10,12H2,1-3H3. The van der Waals surface area contributed by atoms with Crippen molar-refractivity contribution in [3.63, 3.8) is 0 Å². The van der Waals surface area contributed by atoms with E-state index in [0.29, 0.717) is 35.9 Å². The number of rotatable bonds is 8. The van der Waals surface area contributed by atoms with Gasteiger partial charge in [0, 0.05) is 23.5 Å². The third-order valence-corrected chi connectivity index (χ3v) is 5.20. The molecule has 30 heavy (non-hydrogen) atoms. The number of ether oxygens (including phenoxy) is 2. The van der Waals surface area contributed by atoms with Crippen LogP contribution in [0.1, 0.15) is 51.5 Å². The number of esters is 2. The van der Waals surface area contributed by atoms with Crippen molar-refractivity contribution in [2.24, 2.45) is 5.92 Å². The van der Waals surface area contributed by atoms with E-state index in [4.69, 9.17) is 9.47 Å². The number of carbonyl (C=O) groups is 2. The third-order valence-electron chi connectivity index (χ3n) is 5.20. The van der Waals surface area contributed by atoms with Crippen LogP contribution in [-0.2, 0) is 19.1 Å². The molecule has 0 radical (unpaired) electrons. The molecule has 3 rings (SSSR count). The van der Waals surface area contributed by atoms with Crippen LogP contribution >= 0.6 is 0 Å². The molecule has 8 heteroatoms. The maximum absolute atomic E-state index is 13.0. The zero-order valence-electron chi connectivity index (χ0n) is 17.4. The minimum Gasteiger partial charge on any atom is -0.462 e. The summed E-state index contributed by atoms with van der Waals surface area (Å²) in [5.41, 5.74) is 1.97. The van der Waals surface area contributed by atoms with Gasteiger partial charge in [-0.15, -0.1) is 0 Å². The summed E-state index contributed by atoms with van der Waals surface area (Å²) in [6.45, 7) is 5.91. The molecule has 1 saturated carbocycles. The number of nitrogens with zero attached hydrogens (tertiary/aromatic N) is 1. The largest absolute Gasteiger partial charge is 0.462 e. The highest BCUT2D eigenvalue weighted by molar-refractivity contribution is 6.00.